The number of nitrogens with zero attached hydrogens (tertiary/aromatic N) is 3. The van der Waals surface area contributed by atoms with E-state index in [0.717, 1.165) is 35.9 Å². The van der Waals surface area contributed by atoms with Gasteiger partial charge in [-0.3, -0.25) is 4.68 Å². The first-order chi connectivity index (χ1) is 10.3. The van der Waals surface area contributed by atoms with Gasteiger partial charge in [-0.2, -0.15) is 5.10 Å². The van der Waals surface area contributed by atoms with Gasteiger partial charge in [0.1, 0.15) is 25.4 Å². The van der Waals surface area contributed by atoms with Gasteiger partial charge in [0.15, 0.2) is 11.5 Å². The molecule has 1 aliphatic heterocycles. The summed E-state index contributed by atoms with van der Waals surface area (Å²) >= 11 is 0. The zero-order valence-electron chi connectivity index (χ0n) is 12.4. The quantitative estimate of drug-likeness (QED) is 0.903. The van der Waals surface area contributed by atoms with Crippen molar-refractivity contribution < 1.29 is 9.47 Å². The van der Waals surface area contributed by atoms with Crippen LogP contribution in [0.3, 0.4) is 0 Å². The van der Waals surface area contributed by atoms with Crippen LogP contribution in [-0.4, -0.2) is 34.5 Å². The molecule has 0 saturated heterocycles. The molecule has 0 bridgehead atoms. The zero-order valence-corrected chi connectivity index (χ0v) is 12.4. The highest BCUT2D eigenvalue weighted by atomic mass is 16.6. The highest BCUT2D eigenvalue weighted by molar-refractivity contribution is 5.49. The van der Waals surface area contributed by atoms with Crippen molar-refractivity contribution in [2.24, 2.45) is 7.05 Å². The number of fused-ring (bicyclic) bond motifs is 1. The fourth-order valence-electron chi connectivity index (χ4n) is 2.60. The Hall–Kier alpha value is -2.08. The molecule has 1 N–H and O–H groups in total. The minimum absolute atomic E-state index is 0.120. The number of aryl methyl sites for hydroxylation is 1. The van der Waals surface area contributed by atoms with E-state index in [-0.39, 0.29) is 6.04 Å². The lowest BCUT2D eigenvalue weighted by molar-refractivity contribution is 0.168. The SMILES string of the molecule is CCNC(Cc1ncnn1C)c1cccc2c1OCCO2. The third-order valence-electron chi connectivity index (χ3n) is 3.61. The van der Waals surface area contributed by atoms with Crippen LogP contribution < -0.4 is 14.8 Å². The van der Waals surface area contributed by atoms with Gasteiger partial charge in [-0.15, -0.1) is 0 Å². The Balaban J connectivity index is 1.92. The molecule has 1 atom stereocenters. The maximum atomic E-state index is 5.82. The average molecular weight is 288 g/mol. The first-order valence-electron chi connectivity index (χ1n) is 7.24. The number of rotatable bonds is 5. The molecule has 112 valence electrons. The Bertz CT molecular complexity index is 611. The predicted octanol–water partition coefficient (Wildman–Crippen LogP) is 1.48. The van der Waals surface area contributed by atoms with Gasteiger partial charge in [-0.05, 0) is 12.6 Å². The van der Waals surface area contributed by atoms with E-state index < -0.39 is 0 Å². The molecule has 1 aliphatic rings. The van der Waals surface area contributed by atoms with Crippen molar-refractivity contribution in [2.45, 2.75) is 19.4 Å². The third kappa shape index (κ3) is 2.85. The Kier molecular flexibility index (Phi) is 4.06. The van der Waals surface area contributed by atoms with E-state index in [4.69, 9.17) is 9.47 Å². The number of likely N-dealkylation sites (N-methyl/N-ethyl adjacent to an activating group) is 1. The molecular weight excluding hydrogens is 268 g/mol. The van der Waals surface area contributed by atoms with Crippen LogP contribution in [0.1, 0.15) is 24.4 Å². The predicted molar refractivity (Wildman–Crippen MR) is 78.6 cm³/mol. The number of aromatic nitrogens is 3. The smallest absolute Gasteiger partial charge is 0.166 e. The van der Waals surface area contributed by atoms with Crippen LogP contribution in [-0.2, 0) is 13.5 Å². The number of hydrogen-bond acceptors (Lipinski definition) is 5. The van der Waals surface area contributed by atoms with Crippen molar-refractivity contribution in [1.29, 1.82) is 0 Å². The van der Waals surface area contributed by atoms with Crippen molar-refractivity contribution in [1.82, 2.24) is 20.1 Å². The molecule has 21 heavy (non-hydrogen) atoms. The molecule has 6 nitrogen and oxygen atoms in total. The lowest BCUT2D eigenvalue weighted by Gasteiger charge is -2.25. The van der Waals surface area contributed by atoms with Crippen LogP contribution in [0.15, 0.2) is 24.5 Å². The largest absolute Gasteiger partial charge is 0.486 e. The summed E-state index contributed by atoms with van der Waals surface area (Å²) < 4.78 is 13.3. The summed E-state index contributed by atoms with van der Waals surface area (Å²) in [6.07, 6.45) is 2.34. The molecule has 3 rings (SSSR count). The third-order valence-corrected chi connectivity index (χ3v) is 3.61. The van der Waals surface area contributed by atoms with Crippen LogP contribution in [0.4, 0.5) is 0 Å². The number of nitrogens with one attached hydrogen (secondary N) is 1. The maximum Gasteiger partial charge on any atom is 0.166 e. The molecule has 0 aliphatic carbocycles. The summed E-state index contributed by atoms with van der Waals surface area (Å²) in [6, 6.07) is 6.15. The fourth-order valence-corrected chi connectivity index (χ4v) is 2.60. The molecule has 0 radical (unpaired) electrons. The first-order valence-corrected chi connectivity index (χ1v) is 7.24. The number of ether oxygens (including phenoxy) is 2. The summed E-state index contributed by atoms with van der Waals surface area (Å²) in [7, 11) is 1.91. The van der Waals surface area contributed by atoms with E-state index in [2.05, 4.69) is 28.4 Å². The standard InChI is InChI=1S/C15H20N4O2/c1-3-16-12(9-14-17-10-18-19(14)2)11-5-4-6-13-15(11)21-8-7-20-13/h4-6,10,12,16H,3,7-9H2,1-2H3. The van der Waals surface area contributed by atoms with Crippen LogP contribution >= 0.6 is 0 Å². The maximum absolute atomic E-state index is 5.82. The van der Waals surface area contributed by atoms with E-state index in [1.807, 2.05) is 19.2 Å². The van der Waals surface area contributed by atoms with Crippen molar-refractivity contribution in [3.05, 3.63) is 35.9 Å². The highest BCUT2D eigenvalue weighted by Crippen LogP contribution is 2.37. The van der Waals surface area contributed by atoms with Gasteiger partial charge in [0.25, 0.3) is 0 Å². The topological polar surface area (TPSA) is 61.2 Å². The zero-order chi connectivity index (χ0) is 14.7. The molecule has 1 unspecified atom stereocenters. The number of benzene rings is 1. The molecule has 6 heteroatoms. The average Bonchev–Trinajstić information content (AvgIpc) is 2.91. The molecule has 1 aromatic carbocycles. The van der Waals surface area contributed by atoms with E-state index in [1.54, 1.807) is 11.0 Å². The van der Waals surface area contributed by atoms with Gasteiger partial charge in [0.2, 0.25) is 0 Å². The summed E-state index contributed by atoms with van der Waals surface area (Å²) in [6.45, 7) is 4.15. The van der Waals surface area contributed by atoms with E-state index in [0.29, 0.717) is 13.2 Å². The summed E-state index contributed by atoms with van der Waals surface area (Å²) in [5, 5.41) is 7.63. The van der Waals surface area contributed by atoms with Crippen molar-refractivity contribution in [2.75, 3.05) is 19.8 Å². The van der Waals surface area contributed by atoms with Crippen LogP contribution in [0.5, 0.6) is 11.5 Å². The Morgan fingerprint density at radius 2 is 2.19 bits per heavy atom. The van der Waals surface area contributed by atoms with E-state index in [1.165, 1.54) is 0 Å². The monoisotopic (exact) mass is 288 g/mol. The normalized spacial score (nSPS) is 15.0. The number of para-hydroxylation sites is 1. The molecule has 2 heterocycles. The second kappa shape index (κ2) is 6.13. The molecular formula is C15H20N4O2. The first kappa shape index (κ1) is 13.9. The summed E-state index contributed by atoms with van der Waals surface area (Å²) in [5.74, 6) is 2.60. The Labute approximate surface area is 124 Å². The van der Waals surface area contributed by atoms with E-state index >= 15 is 0 Å². The second-order valence-corrected chi connectivity index (χ2v) is 4.99. The van der Waals surface area contributed by atoms with Gasteiger partial charge >= 0.3 is 0 Å². The molecule has 0 spiro atoms. The van der Waals surface area contributed by atoms with Crippen LogP contribution in [0.25, 0.3) is 0 Å². The Morgan fingerprint density at radius 1 is 1.33 bits per heavy atom. The minimum Gasteiger partial charge on any atom is -0.486 e. The van der Waals surface area contributed by atoms with Crippen molar-refractivity contribution in [3.8, 4) is 11.5 Å². The molecule has 0 amide bonds. The van der Waals surface area contributed by atoms with Crippen molar-refractivity contribution >= 4 is 0 Å². The molecule has 2 aromatic rings. The lowest BCUT2D eigenvalue weighted by Crippen LogP contribution is -2.26. The van der Waals surface area contributed by atoms with E-state index in [9.17, 15) is 0 Å². The van der Waals surface area contributed by atoms with Gasteiger partial charge < -0.3 is 14.8 Å². The summed E-state index contributed by atoms with van der Waals surface area (Å²) in [5.41, 5.74) is 1.11. The number of hydrogen-bond donors (Lipinski definition) is 1. The molecule has 0 saturated carbocycles. The second-order valence-electron chi connectivity index (χ2n) is 4.99. The van der Waals surface area contributed by atoms with Gasteiger partial charge in [0, 0.05) is 25.1 Å². The molecule has 0 fully saturated rings. The lowest BCUT2D eigenvalue weighted by atomic mass is 10.0. The van der Waals surface area contributed by atoms with Gasteiger partial charge in [0.05, 0.1) is 0 Å². The fraction of sp³-hybridized carbons (Fsp3) is 0.467. The highest BCUT2D eigenvalue weighted by Gasteiger charge is 2.23. The minimum atomic E-state index is 0.120. The van der Waals surface area contributed by atoms with Crippen LogP contribution in [0, 0.1) is 0 Å². The van der Waals surface area contributed by atoms with Gasteiger partial charge in [-0.1, -0.05) is 19.1 Å². The molecule has 1 aromatic heterocycles. The summed E-state index contributed by atoms with van der Waals surface area (Å²) in [4.78, 5) is 4.32. The van der Waals surface area contributed by atoms with Crippen molar-refractivity contribution in [3.63, 3.8) is 0 Å². The van der Waals surface area contributed by atoms with Gasteiger partial charge in [-0.25, -0.2) is 4.98 Å². The van der Waals surface area contributed by atoms with Crippen LogP contribution in [0.2, 0.25) is 0 Å². The Morgan fingerprint density at radius 3 is 2.95 bits per heavy atom.